The Kier molecular flexibility index (Phi) is 5.31. The highest BCUT2D eigenvalue weighted by atomic mass is 32.2. The van der Waals surface area contributed by atoms with Gasteiger partial charge in [-0.15, -0.1) is 0 Å². The largest absolute Gasteiger partial charge is 0.337 e. The van der Waals surface area contributed by atoms with E-state index in [2.05, 4.69) is 22.4 Å². The van der Waals surface area contributed by atoms with Crippen LogP contribution in [0.25, 0.3) is 16.7 Å². The lowest BCUT2D eigenvalue weighted by molar-refractivity contribution is -0.120. The molecule has 7 heteroatoms. The van der Waals surface area contributed by atoms with Crippen LogP contribution in [0.5, 0.6) is 0 Å². The fourth-order valence-electron chi connectivity index (χ4n) is 2.93. The van der Waals surface area contributed by atoms with Crippen molar-refractivity contribution in [3.05, 3.63) is 41.5 Å². The highest BCUT2D eigenvalue weighted by Gasteiger charge is 2.30. The van der Waals surface area contributed by atoms with Crippen LogP contribution in [-0.4, -0.2) is 26.6 Å². The molecule has 3 aromatic rings. The Morgan fingerprint density at radius 2 is 2.07 bits per heavy atom. The van der Waals surface area contributed by atoms with E-state index < -0.39 is 5.54 Å². The summed E-state index contributed by atoms with van der Waals surface area (Å²) < 4.78 is 1.92. The molecule has 0 unspecified atom stereocenters. The number of pyridine rings is 1. The summed E-state index contributed by atoms with van der Waals surface area (Å²) in [5.41, 5.74) is 2.72. The molecule has 142 valence electrons. The zero-order chi connectivity index (χ0) is 20.5. The molecule has 3 rings (SSSR count). The molecule has 1 amide bonds. The van der Waals surface area contributed by atoms with E-state index >= 15 is 0 Å². The number of hydrogen-bond acceptors (Lipinski definition) is 5. The van der Waals surface area contributed by atoms with Crippen molar-refractivity contribution in [3.63, 3.8) is 0 Å². The summed E-state index contributed by atoms with van der Waals surface area (Å²) in [4.78, 5) is 17.1. The van der Waals surface area contributed by atoms with Crippen LogP contribution in [0, 0.1) is 35.5 Å². The fourth-order valence-corrected chi connectivity index (χ4v) is 3.85. The molecule has 0 saturated heterocycles. The average molecular weight is 392 g/mol. The Balaban J connectivity index is 1.97. The Bertz CT molecular complexity index is 1150. The molecule has 0 spiro atoms. The van der Waals surface area contributed by atoms with Crippen molar-refractivity contribution in [1.29, 1.82) is 10.5 Å². The standard InChI is InChI=1S/C21H21N5OS/c1-13(2)21(4,12-23)25-18(27)11-28-19-9-14(3)15(10-22)20-24-16-7-5-6-8-17(16)26(19)20/h5-9,13H,11H2,1-4H3,(H,25,27)/t21-/m1/s1. The summed E-state index contributed by atoms with van der Waals surface area (Å²) in [6.07, 6.45) is 0. The van der Waals surface area contributed by atoms with Crippen molar-refractivity contribution >= 4 is 34.3 Å². The number of nitrogens with zero attached hydrogens (tertiary/aromatic N) is 4. The van der Waals surface area contributed by atoms with Crippen molar-refractivity contribution in [3.8, 4) is 12.1 Å². The monoisotopic (exact) mass is 391 g/mol. The third-order valence-electron chi connectivity index (χ3n) is 4.99. The lowest BCUT2D eigenvalue weighted by Crippen LogP contribution is -2.49. The first kappa shape index (κ1) is 19.7. The number of carbonyl (C=O) groups excluding carboxylic acids is 1. The van der Waals surface area contributed by atoms with Gasteiger partial charge in [0.25, 0.3) is 0 Å². The molecule has 0 aliphatic rings. The van der Waals surface area contributed by atoms with Crippen LogP contribution in [0.1, 0.15) is 31.9 Å². The number of para-hydroxylation sites is 2. The van der Waals surface area contributed by atoms with E-state index in [0.717, 1.165) is 21.6 Å². The molecule has 2 heterocycles. The van der Waals surface area contributed by atoms with Gasteiger partial charge in [0.05, 0.1) is 33.4 Å². The molecule has 1 N–H and O–H groups in total. The summed E-state index contributed by atoms with van der Waals surface area (Å²) >= 11 is 1.37. The van der Waals surface area contributed by atoms with Crippen molar-refractivity contribution in [2.75, 3.05) is 5.75 Å². The van der Waals surface area contributed by atoms with Crippen LogP contribution >= 0.6 is 11.8 Å². The number of amides is 1. The second-order valence-corrected chi connectivity index (χ2v) is 8.21. The Hall–Kier alpha value is -3.03. The van der Waals surface area contributed by atoms with Gasteiger partial charge in [-0.1, -0.05) is 37.7 Å². The number of rotatable bonds is 5. The van der Waals surface area contributed by atoms with Gasteiger partial charge in [0, 0.05) is 0 Å². The van der Waals surface area contributed by atoms with Gasteiger partial charge in [-0.25, -0.2) is 4.98 Å². The van der Waals surface area contributed by atoms with Gasteiger partial charge >= 0.3 is 0 Å². The van der Waals surface area contributed by atoms with Crippen molar-refractivity contribution in [1.82, 2.24) is 14.7 Å². The van der Waals surface area contributed by atoms with Crippen molar-refractivity contribution < 1.29 is 4.79 Å². The number of nitrogens with one attached hydrogen (secondary N) is 1. The van der Waals surface area contributed by atoms with Crippen LogP contribution < -0.4 is 5.32 Å². The first-order valence-corrected chi connectivity index (χ1v) is 9.95. The third-order valence-corrected chi connectivity index (χ3v) is 5.99. The average Bonchev–Trinajstić information content (AvgIpc) is 3.05. The molecule has 0 fully saturated rings. The van der Waals surface area contributed by atoms with Gasteiger partial charge in [0.2, 0.25) is 5.91 Å². The molecular weight excluding hydrogens is 370 g/mol. The zero-order valence-corrected chi connectivity index (χ0v) is 17.1. The molecular formula is C21H21N5OS. The maximum Gasteiger partial charge on any atom is 0.231 e. The van der Waals surface area contributed by atoms with Gasteiger partial charge in [-0.2, -0.15) is 10.5 Å². The normalized spacial score (nSPS) is 13.2. The maximum absolute atomic E-state index is 12.5. The number of carbonyl (C=O) groups is 1. The van der Waals surface area contributed by atoms with Gasteiger partial charge in [0.1, 0.15) is 11.6 Å². The van der Waals surface area contributed by atoms with Gasteiger partial charge in [0.15, 0.2) is 5.65 Å². The smallest absolute Gasteiger partial charge is 0.231 e. The molecule has 0 bridgehead atoms. The van der Waals surface area contributed by atoms with E-state index in [1.54, 1.807) is 6.92 Å². The molecule has 1 atom stereocenters. The van der Waals surface area contributed by atoms with E-state index in [4.69, 9.17) is 0 Å². The Morgan fingerprint density at radius 3 is 2.71 bits per heavy atom. The van der Waals surface area contributed by atoms with E-state index in [1.807, 2.05) is 55.5 Å². The van der Waals surface area contributed by atoms with E-state index in [0.29, 0.717) is 11.2 Å². The molecule has 1 aromatic carbocycles. The number of imidazole rings is 1. The highest BCUT2D eigenvalue weighted by molar-refractivity contribution is 7.99. The minimum Gasteiger partial charge on any atom is -0.337 e. The highest BCUT2D eigenvalue weighted by Crippen LogP contribution is 2.29. The summed E-state index contributed by atoms with van der Waals surface area (Å²) in [6, 6.07) is 14.0. The predicted octanol–water partition coefficient (Wildman–Crippen LogP) is 3.81. The predicted molar refractivity (Wildman–Crippen MR) is 110 cm³/mol. The Morgan fingerprint density at radius 1 is 1.36 bits per heavy atom. The molecule has 0 saturated carbocycles. The Labute approximate surface area is 168 Å². The van der Waals surface area contributed by atoms with Crippen molar-refractivity contribution in [2.45, 2.75) is 38.3 Å². The summed E-state index contributed by atoms with van der Waals surface area (Å²) in [6.45, 7) is 7.41. The SMILES string of the molecule is Cc1cc(SCC(=O)N[C@](C)(C#N)C(C)C)n2c(nc3ccccc32)c1C#N. The molecule has 6 nitrogen and oxygen atoms in total. The van der Waals surface area contributed by atoms with Crippen LogP contribution in [0.4, 0.5) is 0 Å². The van der Waals surface area contributed by atoms with Crippen molar-refractivity contribution in [2.24, 2.45) is 5.92 Å². The third kappa shape index (κ3) is 3.42. The summed E-state index contributed by atoms with van der Waals surface area (Å²) in [7, 11) is 0. The quantitative estimate of drug-likeness (QED) is 0.667. The number of hydrogen-bond donors (Lipinski definition) is 1. The maximum atomic E-state index is 12.5. The number of aryl methyl sites for hydroxylation is 1. The van der Waals surface area contributed by atoms with Crippen LogP contribution in [0.15, 0.2) is 35.4 Å². The molecule has 0 aliphatic heterocycles. The number of nitriles is 2. The number of benzene rings is 1. The minimum atomic E-state index is -0.907. The van der Waals surface area contributed by atoms with Gasteiger partial charge < -0.3 is 5.32 Å². The van der Waals surface area contributed by atoms with Gasteiger partial charge in [-0.05, 0) is 43.5 Å². The second kappa shape index (κ2) is 7.53. The first-order chi connectivity index (χ1) is 13.3. The zero-order valence-electron chi connectivity index (χ0n) is 16.3. The number of thioether (sulfide) groups is 1. The van der Waals surface area contributed by atoms with Crippen LogP contribution in [0.2, 0.25) is 0 Å². The minimum absolute atomic E-state index is 0.00657. The lowest BCUT2D eigenvalue weighted by atomic mass is 9.90. The van der Waals surface area contributed by atoms with E-state index in [1.165, 1.54) is 11.8 Å². The van der Waals surface area contributed by atoms with E-state index in [-0.39, 0.29) is 17.6 Å². The topological polar surface area (TPSA) is 94.0 Å². The number of aromatic nitrogens is 2. The second-order valence-electron chi connectivity index (χ2n) is 7.22. The number of fused-ring (bicyclic) bond motifs is 3. The fraction of sp³-hybridized carbons (Fsp3) is 0.333. The first-order valence-electron chi connectivity index (χ1n) is 8.96. The van der Waals surface area contributed by atoms with Crippen LogP contribution in [0.3, 0.4) is 0 Å². The van der Waals surface area contributed by atoms with E-state index in [9.17, 15) is 15.3 Å². The lowest BCUT2D eigenvalue weighted by Gasteiger charge is -2.27. The summed E-state index contributed by atoms with van der Waals surface area (Å²) in [5.74, 6) is -0.0491. The summed E-state index contributed by atoms with van der Waals surface area (Å²) in [5, 5.41) is 22.6. The molecule has 28 heavy (non-hydrogen) atoms. The molecule has 0 aliphatic carbocycles. The molecule has 2 aromatic heterocycles. The van der Waals surface area contributed by atoms with Gasteiger partial charge in [-0.3, -0.25) is 9.20 Å². The van der Waals surface area contributed by atoms with Crippen LogP contribution in [-0.2, 0) is 4.79 Å². The molecule has 0 radical (unpaired) electrons.